The number of methoxy groups -OCH3 is 1. The van der Waals surface area contributed by atoms with Gasteiger partial charge in [-0.15, -0.1) is 0 Å². The molecule has 1 aliphatic rings. The van der Waals surface area contributed by atoms with Crippen molar-refractivity contribution in [2.75, 3.05) is 26.7 Å². The molecular weight excluding hydrogens is 178 g/mol. The van der Waals surface area contributed by atoms with Gasteiger partial charge in [-0.25, -0.2) is 0 Å². The fourth-order valence-corrected chi connectivity index (χ4v) is 1.99. The summed E-state index contributed by atoms with van der Waals surface area (Å²) in [5.74, 6) is 0.0103. The molecule has 0 aromatic rings. The van der Waals surface area contributed by atoms with Crippen molar-refractivity contribution in [1.82, 2.24) is 4.90 Å². The maximum atomic E-state index is 11.4. The molecule has 14 heavy (non-hydrogen) atoms. The van der Waals surface area contributed by atoms with E-state index in [0.29, 0.717) is 0 Å². The van der Waals surface area contributed by atoms with Crippen molar-refractivity contribution in [1.29, 1.82) is 0 Å². The van der Waals surface area contributed by atoms with Gasteiger partial charge in [-0.3, -0.25) is 4.79 Å². The highest BCUT2D eigenvalue weighted by atomic mass is 16.5. The molecular formula is C11H21NO2. The zero-order chi connectivity index (χ0) is 10.4. The molecule has 1 saturated heterocycles. The molecule has 0 saturated carbocycles. The van der Waals surface area contributed by atoms with Crippen LogP contribution in [0.25, 0.3) is 0 Å². The highest BCUT2D eigenvalue weighted by Crippen LogP contribution is 2.13. The molecule has 1 atom stereocenters. The molecule has 0 amide bonds. The molecule has 3 nitrogen and oxygen atoms in total. The molecule has 0 aromatic heterocycles. The predicted octanol–water partition coefficient (Wildman–Crippen LogP) is 1.67. The minimum Gasteiger partial charge on any atom is -0.469 e. The first-order chi connectivity index (χ1) is 6.77. The van der Waals surface area contributed by atoms with E-state index in [0.717, 1.165) is 26.1 Å². The molecule has 0 aromatic carbocycles. The van der Waals surface area contributed by atoms with Crippen molar-refractivity contribution in [3.8, 4) is 0 Å². The SMILES string of the molecule is CCC(CN1CCCCC1)C(=O)OC. The van der Waals surface area contributed by atoms with Crippen molar-refractivity contribution in [2.24, 2.45) is 5.92 Å². The third-order valence-electron chi connectivity index (χ3n) is 2.95. The number of likely N-dealkylation sites (tertiary alicyclic amines) is 1. The van der Waals surface area contributed by atoms with Gasteiger partial charge in [0, 0.05) is 6.54 Å². The highest BCUT2D eigenvalue weighted by Gasteiger charge is 2.21. The van der Waals surface area contributed by atoms with E-state index in [1.54, 1.807) is 0 Å². The third-order valence-corrected chi connectivity index (χ3v) is 2.95. The van der Waals surface area contributed by atoms with Crippen LogP contribution in [-0.2, 0) is 9.53 Å². The van der Waals surface area contributed by atoms with Crippen LogP contribution in [0.4, 0.5) is 0 Å². The van der Waals surface area contributed by atoms with Crippen LogP contribution in [-0.4, -0.2) is 37.6 Å². The van der Waals surface area contributed by atoms with Crippen molar-refractivity contribution < 1.29 is 9.53 Å². The zero-order valence-corrected chi connectivity index (χ0v) is 9.29. The molecule has 1 rings (SSSR count). The molecule has 0 aliphatic carbocycles. The number of carbonyl (C=O) groups is 1. The summed E-state index contributed by atoms with van der Waals surface area (Å²) in [7, 11) is 1.47. The van der Waals surface area contributed by atoms with Gasteiger partial charge in [-0.05, 0) is 32.4 Å². The van der Waals surface area contributed by atoms with Crippen LogP contribution >= 0.6 is 0 Å². The van der Waals surface area contributed by atoms with Gasteiger partial charge in [0.05, 0.1) is 13.0 Å². The Bertz CT molecular complexity index is 176. The Morgan fingerprint density at radius 3 is 2.50 bits per heavy atom. The van der Waals surface area contributed by atoms with Crippen molar-refractivity contribution >= 4 is 5.97 Å². The van der Waals surface area contributed by atoms with Crippen LogP contribution < -0.4 is 0 Å². The van der Waals surface area contributed by atoms with Crippen LogP contribution in [0.15, 0.2) is 0 Å². The van der Waals surface area contributed by atoms with E-state index < -0.39 is 0 Å². The average Bonchev–Trinajstić information content (AvgIpc) is 2.26. The topological polar surface area (TPSA) is 29.5 Å². The number of hydrogen-bond donors (Lipinski definition) is 0. The summed E-state index contributed by atoms with van der Waals surface area (Å²) in [4.78, 5) is 13.8. The van der Waals surface area contributed by atoms with E-state index in [1.165, 1.54) is 26.4 Å². The van der Waals surface area contributed by atoms with Crippen molar-refractivity contribution in [3.63, 3.8) is 0 Å². The van der Waals surface area contributed by atoms with Gasteiger partial charge in [0.25, 0.3) is 0 Å². The summed E-state index contributed by atoms with van der Waals surface area (Å²) in [6.45, 7) is 5.22. The van der Waals surface area contributed by atoms with Gasteiger partial charge >= 0.3 is 5.97 Å². The molecule has 0 spiro atoms. The quantitative estimate of drug-likeness (QED) is 0.645. The van der Waals surface area contributed by atoms with Gasteiger partial charge in [0.2, 0.25) is 0 Å². The first-order valence-corrected chi connectivity index (χ1v) is 5.58. The lowest BCUT2D eigenvalue weighted by molar-refractivity contribution is -0.146. The van der Waals surface area contributed by atoms with Crippen LogP contribution in [0.2, 0.25) is 0 Å². The maximum absolute atomic E-state index is 11.4. The van der Waals surface area contributed by atoms with E-state index in [1.807, 2.05) is 6.92 Å². The van der Waals surface area contributed by atoms with E-state index in [2.05, 4.69) is 4.90 Å². The Balaban J connectivity index is 2.34. The maximum Gasteiger partial charge on any atom is 0.309 e. The van der Waals surface area contributed by atoms with Gasteiger partial charge in [-0.2, -0.15) is 0 Å². The van der Waals surface area contributed by atoms with E-state index >= 15 is 0 Å². The van der Waals surface area contributed by atoms with Crippen LogP contribution in [0, 0.1) is 5.92 Å². The second-order valence-electron chi connectivity index (χ2n) is 3.99. The van der Waals surface area contributed by atoms with Crippen LogP contribution in [0.1, 0.15) is 32.6 Å². The Labute approximate surface area is 86.4 Å². The number of hydrogen-bond acceptors (Lipinski definition) is 3. The molecule has 0 radical (unpaired) electrons. The van der Waals surface area contributed by atoms with Gasteiger partial charge in [0.1, 0.15) is 0 Å². The summed E-state index contributed by atoms with van der Waals surface area (Å²) in [6.07, 6.45) is 4.77. The Kier molecular flexibility index (Phi) is 4.94. The smallest absolute Gasteiger partial charge is 0.309 e. The second-order valence-corrected chi connectivity index (χ2v) is 3.99. The average molecular weight is 199 g/mol. The molecule has 1 unspecified atom stereocenters. The van der Waals surface area contributed by atoms with Crippen LogP contribution in [0.3, 0.4) is 0 Å². The minimum atomic E-state index is -0.0573. The highest BCUT2D eigenvalue weighted by molar-refractivity contribution is 5.72. The Hall–Kier alpha value is -0.570. The molecule has 1 heterocycles. The number of nitrogens with zero attached hydrogens (tertiary/aromatic N) is 1. The first-order valence-electron chi connectivity index (χ1n) is 5.58. The first kappa shape index (κ1) is 11.5. The molecule has 1 fully saturated rings. The lowest BCUT2D eigenvalue weighted by atomic mass is 10.0. The molecule has 3 heteroatoms. The molecule has 0 bridgehead atoms. The number of piperidine rings is 1. The second kappa shape index (κ2) is 6.02. The normalized spacial score (nSPS) is 20.4. The standard InChI is InChI=1S/C11H21NO2/c1-3-10(11(13)14-2)9-12-7-5-4-6-8-12/h10H,3-9H2,1-2H3. The van der Waals surface area contributed by atoms with E-state index in [4.69, 9.17) is 4.74 Å². The van der Waals surface area contributed by atoms with Crippen molar-refractivity contribution in [3.05, 3.63) is 0 Å². The van der Waals surface area contributed by atoms with Crippen LogP contribution in [0.5, 0.6) is 0 Å². The fraction of sp³-hybridized carbons (Fsp3) is 0.909. The summed E-state index contributed by atoms with van der Waals surface area (Å²) in [5.41, 5.74) is 0. The van der Waals surface area contributed by atoms with Gasteiger partial charge in [-0.1, -0.05) is 13.3 Å². The summed E-state index contributed by atoms with van der Waals surface area (Å²) < 4.78 is 4.78. The Morgan fingerprint density at radius 1 is 1.36 bits per heavy atom. The fourth-order valence-electron chi connectivity index (χ4n) is 1.99. The lowest BCUT2D eigenvalue weighted by Crippen LogP contribution is -2.36. The lowest BCUT2D eigenvalue weighted by Gasteiger charge is -2.28. The molecule has 1 aliphatic heterocycles. The van der Waals surface area contributed by atoms with Gasteiger partial charge in [0.15, 0.2) is 0 Å². The van der Waals surface area contributed by atoms with Gasteiger partial charge < -0.3 is 9.64 Å². The number of carbonyl (C=O) groups excluding carboxylic acids is 1. The number of ether oxygens (including phenoxy) is 1. The molecule has 0 N–H and O–H groups in total. The largest absolute Gasteiger partial charge is 0.469 e. The van der Waals surface area contributed by atoms with E-state index in [9.17, 15) is 4.79 Å². The molecule has 82 valence electrons. The zero-order valence-electron chi connectivity index (χ0n) is 9.29. The summed E-state index contributed by atoms with van der Waals surface area (Å²) in [5, 5.41) is 0. The minimum absolute atomic E-state index is 0.0573. The monoisotopic (exact) mass is 199 g/mol. The van der Waals surface area contributed by atoms with Crippen molar-refractivity contribution in [2.45, 2.75) is 32.6 Å². The Morgan fingerprint density at radius 2 is 2.00 bits per heavy atom. The number of rotatable bonds is 4. The number of esters is 1. The summed E-state index contributed by atoms with van der Waals surface area (Å²) in [6, 6.07) is 0. The third kappa shape index (κ3) is 3.29. The summed E-state index contributed by atoms with van der Waals surface area (Å²) >= 11 is 0. The van der Waals surface area contributed by atoms with E-state index in [-0.39, 0.29) is 11.9 Å². The predicted molar refractivity (Wildman–Crippen MR) is 56.1 cm³/mol.